The van der Waals surface area contributed by atoms with E-state index in [1.165, 1.54) is 23.5 Å². The first-order valence-corrected chi connectivity index (χ1v) is 12.8. The van der Waals surface area contributed by atoms with Gasteiger partial charge >= 0.3 is 0 Å². The molecule has 2 aromatic heterocycles. The van der Waals surface area contributed by atoms with Crippen molar-refractivity contribution in [3.8, 4) is 0 Å². The average Bonchev–Trinajstić information content (AvgIpc) is 3.52. The third kappa shape index (κ3) is 4.85. The lowest BCUT2D eigenvalue weighted by atomic mass is 9.81. The first-order chi connectivity index (χ1) is 17.2. The van der Waals surface area contributed by atoms with Crippen molar-refractivity contribution in [2.24, 2.45) is 5.92 Å². The van der Waals surface area contributed by atoms with Crippen LogP contribution < -0.4 is 10.6 Å². The summed E-state index contributed by atoms with van der Waals surface area (Å²) in [6, 6.07) is 5.10. The third-order valence-corrected chi connectivity index (χ3v) is 7.99. The molecule has 3 heterocycles. The summed E-state index contributed by atoms with van der Waals surface area (Å²) >= 11 is 1.39. The number of carbonyl (C=O) groups is 3. The van der Waals surface area contributed by atoms with Crippen molar-refractivity contribution in [3.63, 3.8) is 0 Å². The molecule has 2 aliphatic rings. The zero-order valence-electron chi connectivity index (χ0n) is 20.4. The minimum Gasteiger partial charge on any atom is -0.351 e. The van der Waals surface area contributed by atoms with Gasteiger partial charge in [0.15, 0.2) is 5.01 Å². The number of amides is 3. The number of benzene rings is 1. The summed E-state index contributed by atoms with van der Waals surface area (Å²) in [7, 11) is 5.45. The van der Waals surface area contributed by atoms with Crippen LogP contribution in [0.2, 0.25) is 0 Å². The zero-order valence-corrected chi connectivity index (χ0v) is 21.2. The Morgan fingerprint density at radius 2 is 1.89 bits per heavy atom. The highest BCUT2D eigenvalue weighted by Crippen LogP contribution is 2.29. The molecule has 0 saturated heterocycles. The smallest absolute Gasteiger partial charge is 0.280 e. The number of nitrogens with zero attached hydrogens (tertiary/aromatic N) is 3. The Morgan fingerprint density at radius 1 is 1.11 bits per heavy atom. The monoisotopic (exact) mass is 512 g/mol. The second-order valence-electron chi connectivity index (χ2n) is 9.88. The molecule has 5 rings (SSSR count). The van der Waals surface area contributed by atoms with Gasteiger partial charge in [-0.25, -0.2) is 9.37 Å². The number of thiazole rings is 1. The number of rotatable bonds is 5. The summed E-state index contributed by atoms with van der Waals surface area (Å²) in [5.41, 5.74) is 1.90. The molecular formula is C25H29FN6O3S. The molecule has 0 spiro atoms. The second kappa shape index (κ2) is 9.62. The van der Waals surface area contributed by atoms with Crippen LogP contribution in [0.15, 0.2) is 24.3 Å². The summed E-state index contributed by atoms with van der Waals surface area (Å²) in [5, 5.41) is 7.08. The van der Waals surface area contributed by atoms with Crippen molar-refractivity contribution >= 4 is 40.0 Å². The molecule has 0 radical (unpaired) electrons. The highest BCUT2D eigenvalue weighted by atomic mass is 32.1. The lowest BCUT2D eigenvalue weighted by molar-refractivity contribution is -0.134. The number of fused-ring (bicyclic) bond motifs is 2. The van der Waals surface area contributed by atoms with Gasteiger partial charge in [-0.2, -0.15) is 0 Å². The van der Waals surface area contributed by atoms with Crippen LogP contribution in [-0.2, 0) is 17.9 Å². The van der Waals surface area contributed by atoms with Gasteiger partial charge < -0.3 is 20.5 Å². The fraction of sp³-hybridized carbons (Fsp3) is 0.440. The van der Waals surface area contributed by atoms with Crippen LogP contribution in [0.25, 0.3) is 10.9 Å². The normalized spacial score (nSPS) is 21.8. The van der Waals surface area contributed by atoms with Gasteiger partial charge in [0.05, 0.1) is 11.7 Å². The molecule has 1 aliphatic carbocycles. The van der Waals surface area contributed by atoms with Crippen LogP contribution in [-0.4, -0.2) is 70.7 Å². The van der Waals surface area contributed by atoms with Crippen molar-refractivity contribution < 1.29 is 18.8 Å². The van der Waals surface area contributed by atoms with Crippen molar-refractivity contribution in [3.05, 3.63) is 51.4 Å². The summed E-state index contributed by atoms with van der Waals surface area (Å²) < 4.78 is 13.6. The lowest BCUT2D eigenvalue weighted by Crippen LogP contribution is -2.56. The van der Waals surface area contributed by atoms with Gasteiger partial charge in [0, 0.05) is 54.9 Å². The summed E-state index contributed by atoms with van der Waals surface area (Å²) in [5.74, 6) is -1.25. The van der Waals surface area contributed by atoms with Gasteiger partial charge in [0.2, 0.25) is 5.91 Å². The number of aromatic nitrogens is 2. The van der Waals surface area contributed by atoms with Crippen LogP contribution in [0, 0.1) is 11.7 Å². The third-order valence-electron chi connectivity index (χ3n) is 6.91. The van der Waals surface area contributed by atoms with Crippen molar-refractivity contribution in [1.82, 2.24) is 30.4 Å². The van der Waals surface area contributed by atoms with Gasteiger partial charge in [0.1, 0.15) is 11.5 Å². The first kappa shape index (κ1) is 24.4. The van der Waals surface area contributed by atoms with E-state index < -0.39 is 6.04 Å². The Labute approximate surface area is 212 Å². The molecule has 190 valence electrons. The van der Waals surface area contributed by atoms with Gasteiger partial charge in [-0.05, 0) is 50.6 Å². The van der Waals surface area contributed by atoms with Crippen LogP contribution in [0.1, 0.15) is 50.1 Å². The Kier molecular flexibility index (Phi) is 6.52. The number of halogens is 1. The molecule has 3 aromatic rings. The van der Waals surface area contributed by atoms with Gasteiger partial charge in [-0.15, -0.1) is 11.3 Å². The molecule has 1 aliphatic heterocycles. The second-order valence-corrected chi connectivity index (χ2v) is 11.0. The van der Waals surface area contributed by atoms with Crippen LogP contribution in [0.5, 0.6) is 0 Å². The van der Waals surface area contributed by atoms with Crippen LogP contribution in [0.4, 0.5) is 4.39 Å². The standard InChI is InChI=1S/C25H29FN6O3S/c1-31(2)25(35)13-4-6-17(28-22(33)19-10-14-8-15(26)5-7-16(14)27-19)18(9-13)29-23(34)24-30-20-11-32(3)12-21(20)36-24/h5,7-8,10,13,17-18,27H,4,6,9,11-12H2,1-3H3,(H,28,33)(H,29,34)/t13-,17-,18-/m0/s1. The van der Waals surface area contributed by atoms with E-state index in [0.29, 0.717) is 40.9 Å². The molecule has 11 heteroatoms. The van der Waals surface area contributed by atoms with Crippen molar-refractivity contribution in [2.75, 3.05) is 21.1 Å². The molecule has 3 atom stereocenters. The number of nitrogens with one attached hydrogen (secondary N) is 3. The maximum atomic E-state index is 13.6. The zero-order chi connectivity index (χ0) is 25.6. The fourth-order valence-electron chi connectivity index (χ4n) is 5.08. The summed E-state index contributed by atoms with van der Waals surface area (Å²) in [4.78, 5) is 51.2. The van der Waals surface area contributed by atoms with E-state index in [1.807, 2.05) is 7.05 Å². The van der Waals surface area contributed by atoms with Gasteiger partial charge in [0.25, 0.3) is 11.8 Å². The summed E-state index contributed by atoms with van der Waals surface area (Å²) in [6.07, 6.45) is 1.55. The number of carbonyl (C=O) groups excluding carboxylic acids is 3. The molecular weight excluding hydrogens is 483 g/mol. The minimum absolute atomic E-state index is 0.00734. The van der Waals surface area contributed by atoms with Gasteiger partial charge in [-0.1, -0.05) is 0 Å². The highest BCUT2D eigenvalue weighted by molar-refractivity contribution is 7.13. The number of hydrogen-bond donors (Lipinski definition) is 3. The topological polar surface area (TPSA) is 110 Å². The van der Waals surface area contributed by atoms with Crippen LogP contribution in [0.3, 0.4) is 0 Å². The molecule has 1 aromatic carbocycles. The van der Waals surface area contributed by atoms with E-state index >= 15 is 0 Å². The Hall–Kier alpha value is -3.31. The van der Waals surface area contributed by atoms with E-state index in [1.54, 1.807) is 31.1 Å². The molecule has 36 heavy (non-hydrogen) atoms. The average molecular weight is 513 g/mol. The first-order valence-electron chi connectivity index (χ1n) is 12.0. The molecule has 1 saturated carbocycles. The number of hydrogen-bond acceptors (Lipinski definition) is 6. The molecule has 3 N–H and O–H groups in total. The maximum absolute atomic E-state index is 13.6. The largest absolute Gasteiger partial charge is 0.351 e. The van der Waals surface area contributed by atoms with E-state index in [9.17, 15) is 18.8 Å². The van der Waals surface area contributed by atoms with Crippen molar-refractivity contribution in [2.45, 2.75) is 44.4 Å². The Morgan fingerprint density at radius 3 is 2.64 bits per heavy atom. The number of H-pyrrole nitrogens is 1. The molecule has 0 unspecified atom stereocenters. The van der Waals surface area contributed by atoms with E-state index in [-0.39, 0.29) is 35.5 Å². The van der Waals surface area contributed by atoms with Crippen molar-refractivity contribution in [1.29, 1.82) is 0 Å². The quantitative estimate of drug-likeness (QED) is 0.487. The Bertz CT molecular complexity index is 1310. The van der Waals surface area contributed by atoms with E-state index in [4.69, 9.17) is 0 Å². The predicted octanol–water partition coefficient (Wildman–Crippen LogP) is 2.49. The van der Waals surface area contributed by atoms with E-state index in [2.05, 4.69) is 25.5 Å². The molecule has 3 amide bonds. The maximum Gasteiger partial charge on any atom is 0.280 e. The molecule has 0 bridgehead atoms. The lowest BCUT2D eigenvalue weighted by Gasteiger charge is -2.37. The predicted molar refractivity (Wildman–Crippen MR) is 134 cm³/mol. The van der Waals surface area contributed by atoms with Gasteiger partial charge in [-0.3, -0.25) is 19.3 Å². The molecule has 1 fully saturated rings. The highest BCUT2D eigenvalue weighted by Gasteiger charge is 2.37. The van der Waals surface area contributed by atoms with E-state index in [0.717, 1.165) is 23.7 Å². The SMILES string of the molecule is CN1Cc2nc(C(=O)N[C@H]3C[C@@H](C(=O)N(C)C)CC[C@@H]3NC(=O)c3cc4cc(F)ccc4[nH]3)sc2C1. The molecule has 9 nitrogen and oxygen atoms in total. The summed E-state index contributed by atoms with van der Waals surface area (Å²) in [6.45, 7) is 1.49. The number of aromatic amines is 1. The van der Waals surface area contributed by atoms with Crippen LogP contribution >= 0.6 is 11.3 Å². The Balaban J connectivity index is 1.33. The minimum atomic E-state index is -0.438. The fourth-order valence-corrected chi connectivity index (χ4v) is 6.13.